The number of H-pyrrole nitrogens is 1. The van der Waals surface area contributed by atoms with Crippen molar-refractivity contribution >= 4 is 33.4 Å². The number of nitrogens with two attached hydrogens (primary N) is 1. The van der Waals surface area contributed by atoms with Gasteiger partial charge in [0.25, 0.3) is 5.91 Å². The van der Waals surface area contributed by atoms with Crippen LogP contribution in [0.15, 0.2) is 6.07 Å². The van der Waals surface area contributed by atoms with E-state index < -0.39 is 5.91 Å². The molecule has 8 heteroatoms. The summed E-state index contributed by atoms with van der Waals surface area (Å²) in [5.74, 6) is 1.38. The Hall–Kier alpha value is -1.15. The minimum Gasteiger partial charge on any atom is -0.364 e. The predicted molar refractivity (Wildman–Crippen MR) is 103 cm³/mol. The number of unbranched alkanes of at least 4 members (excludes halogenated alkanes) is 1. The second-order valence-electron chi connectivity index (χ2n) is 6.80. The first-order valence-corrected chi connectivity index (χ1v) is 11.4. The number of aromatic nitrogens is 2. The topological polar surface area (TPSA) is 92.1 Å². The zero-order valence-electron chi connectivity index (χ0n) is 14.4. The maximum Gasteiger partial charge on any atom is 0.269 e. The summed E-state index contributed by atoms with van der Waals surface area (Å²) in [6, 6.07) is 1.74. The second kappa shape index (κ2) is 8.98. The molecule has 1 atom stereocenters. The van der Waals surface area contributed by atoms with E-state index in [1.807, 2.05) is 26.5 Å². The molecule has 1 unspecified atom stereocenters. The number of primary amides is 1. The van der Waals surface area contributed by atoms with Crippen molar-refractivity contribution in [3.05, 3.63) is 17.5 Å². The maximum absolute atomic E-state index is 12.4. The Labute approximate surface area is 156 Å². The van der Waals surface area contributed by atoms with Crippen LogP contribution in [0.4, 0.5) is 0 Å². The van der Waals surface area contributed by atoms with Gasteiger partial charge < -0.3 is 10.6 Å². The Kier molecular flexibility index (Phi) is 6.70. The fraction of sp³-hybridized carbons (Fsp3) is 0.706. The van der Waals surface area contributed by atoms with Gasteiger partial charge >= 0.3 is 0 Å². The van der Waals surface area contributed by atoms with Gasteiger partial charge in [0, 0.05) is 42.1 Å². The van der Waals surface area contributed by atoms with Crippen LogP contribution in [0, 0.1) is 0 Å². The van der Waals surface area contributed by atoms with Crippen LogP contribution >= 0.6 is 21.6 Å². The zero-order chi connectivity index (χ0) is 17.6. The second-order valence-corrected chi connectivity index (χ2v) is 9.59. The lowest BCUT2D eigenvalue weighted by Gasteiger charge is -2.31. The van der Waals surface area contributed by atoms with Crippen molar-refractivity contribution < 1.29 is 9.59 Å². The van der Waals surface area contributed by atoms with Crippen molar-refractivity contribution in [2.24, 2.45) is 5.73 Å². The highest BCUT2D eigenvalue weighted by atomic mass is 33.1. The molecule has 3 rings (SSSR count). The number of aromatic amines is 1. The Morgan fingerprint density at radius 1 is 1.28 bits per heavy atom. The summed E-state index contributed by atoms with van der Waals surface area (Å²) in [7, 11) is 3.99. The molecule has 0 aromatic carbocycles. The Bertz CT molecular complexity index is 593. The molecular weight excluding hydrogens is 356 g/mol. The number of piperidine rings is 1. The van der Waals surface area contributed by atoms with Crippen molar-refractivity contribution in [3.8, 4) is 0 Å². The minimum atomic E-state index is -0.510. The van der Waals surface area contributed by atoms with E-state index in [1.54, 1.807) is 6.07 Å². The summed E-state index contributed by atoms with van der Waals surface area (Å²) in [5.41, 5.74) is 6.48. The Morgan fingerprint density at radius 3 is 2.72 bits per heavy atom. The van der Waals surface area contributed by atoms with Gasteiger partial charge in [0.15, 0.2) is 0 Å². The zero-order valence-corrected chi connectivity index (χ0v) is 16.0. The molecule has 3 N–H and O–H groups in total. The number of hydrogen-bond donors (Lipinski definition) is 2. The number of nitrogens with zero attached hydrogens (tertiary/aromatic N) is 2. The molecule has 2 amide bonds. The van der Waals surface area contributed by atoms with Gasteiger partial charge in [0.1, 0.15) is 5.69 Å². The Morgan fingerprint density at radius 2 is 2.08 bits per heavy atom. The number of hydrogen-bond acceptors (Lipinski definition) is 5. The molecule has 2 fully saturated rings. The van der Waals surface area contributed by atoms with Crippen LogP contribution < -0.4 is 5.73 Å². The summed E-state index contributed by atoms with van der Waals surface area (Å²) in [6.45, 7) is 1.56. The average molecular weight is 383 g/mol. The van der Waals surface area contributed by atoms with Crippen LogP contribution in [0.1, 0.15) is 67.0 Å². The normalized spacial score (nSPS) is 21.6. The monoisotopic (exact) mass is 382 g/mol. The van der Waals surface area contributed by atoms with E-state index >= 15 is 0 Å². The summed E-state index contributed by atoms with van der Waals surface area (Å²) in [6.07, 6.45) is 7.21. The molecule has 1 aromatic rings. The van der Waals surface area contributed by atoms with Gasteiger partial charge in [-0.2, -0.15) is 5.10 Å². The molecule has 0 spiro atoms. The van der Waals surface area contributed by atoms with Gasteiger partial charge in [-0.25, -0.2) is 0 Å². The third-order valence-electron chi connectivity index (χ3n) is 5.03. The lowest BCUT2D eigenvalue weighted by atomic mass is 9.93. The summed E-state index contributed by atoms with van der Waals surface area (Å²) < 4.78 is 0. The molecule has 3 heterocycles. The fourth-order valence-electron chi connectivity index (χ4n) is 3.48. The van der Waals surface area contributed by atoms with Gasteiger partial charge in [-0.3, -0.25) is 14.7 Å². The van der Waals surface area contributed by atoms with E-state index in [2.05, 4.69) is 10.2 Å². The van der Waals surface area contributed by atoms with E-state index in [4.69, 9.17) is 5.73 Å². The van der Waals surface area contributed by atoms with E-state index in [0.29, 0.717) is 12.3 Å². The number of amides is 2. The van der Waals surface area contributed by atoms with Crippen LogP contribution in [0.3, 0.4) is 0 Å². The molecule has 1 aromatic heterocycles. The summed E-state index contributed by atoms with van der Waals surface area (Å²) in [5, 5.41) is 7.66. The molecule has 2 saturated heterocycles. The Balaban J connectivity index is 1.36. The molecule has 0 saturated carbocycles. The van der Waals surface area contributed by atoms with E-state index in [1.165, 1.54) is 18.6 Å². The van der Waals surface area contributed by atoms with Gasteiger partial charge in [-0.05, 0) is 38.2 Å². The highest BCUT2D eigenvalue weighted by Crippen LogP contribution is 2.40. The molecule has 2 aliphatic rings. The van der Waals surface area contributed by atoms with Gasteiger partial charge in [0.2, 0.25) is 5.91 Å². The largest absolute Gasteiger partial charge is 0.364 e. The van der Waals surface area contributed by atoms with E-state index in [-0.39, 0.29) is 11.6 Å². The summed E-state index contributed by atoms with van der Waals surface area (Å²) >= 11 is 0. The number of carbonyl (C=O) groups is 2. The number of likely N-dealkylation sites (tertiary alicyclic amines) is 1. The first-order valence-electron chi connectivity index (χ1n) is 9.04. The van der Waals surface area contributed by atoms with Gasteiger partial charge in [-0.1, -0.05) is 28.0 Å². The van der Waals surface area contributed by atoms with Crippen molar-refractivity contribution in [2.45, 2.75) is 56.1 Å². The van der Waals surface area contributed by atoms with Crippen LogP contribution in [0.5, 0.6) is 0 Å². The van der Waals surface area contributed by atoms with E-state index in [9.17, 15) is 9.59 Å². The fourth-order valence-corrected chi connectivity index (χ4v) is 6.51. The summed E-state index contributed by atoms with van der Waals surface area (Å²) in [4.78, 5) is 25.5. The molecule has 0 aliphatic carbocycles. The van der Waals surface area contributed by atoms with Crippen LogP contribution in [-0.2, 0) is 4.79 Å². The molecule has 25 heavy (non-hydrogen) atoms. The number of nitrogens with one attached hydrogen (secondary N) is 1. The van der Waals surface area contributed by atoms with Crippen molar-refractivity contribution in [1.82, 2.24) is 15.1 Å². The number of rotatable bonds is 7. The molecule has 138 valence electrons. The maximum atomic E-state index is 12.4. The minimum absolute atomic E-state index is 0.285. The molecule has 2 aliphatic heterocycles. The molecule has 0 bridgehead atoms. The van der Waals surface area contributed by atoms with Crippen LogP contribution in [-0.4, -0.2) is 51.0 Å². The lowest BCUT2D eigenvalue weighted by molar-refractivity contribution is -0.132. The van der Waals surface area contributed by atoms with E-state index in [0.717, 1.165) is 49.7 Å². The average Bonchev–Trinajstić information content (AvgIpc) is 3.30. The van der Waals surface area contributed by atoms with Crippen molar-refractivity contribution in [3.63, 3.8) is 0 Å². The SMILES string of the molecule is NC(=O)c1cc(C2CCN(C(=O)CCCCC3CCSS3)CC2)[nH]n1. The first-order chi connectivity index (χ1) is 12.1. The first kappa shape index (κ1) is 18.6. The van der Waals surface area contributed by atoms with Crippen LogP contribution in [0.25, 0.3) is 0 Å². The number of carbonyl (C=O) groups excluding carboxylic acids is 2. The van der Waals surface area contributed by atoms with Crippen molar-refractivity contribution in [1.29, 1.82) is 0 Å². The lowest BCUT2D eigenvalue weighted by Crippen LogP contribution is -2.37. The predicted octanol–water partition coefficient (Wildman–Crippen LogP) is 2.93. The quantitative estimate of drug-likeness (QED) is 0.559. The highest BCUT2D eigenvalue weighted by molar-refractivity contribution is 8.77. The van der Waals surface area contributed by atoms with Crippen LogP contribution in [0.2, 0.25) is 0 Å². The standard InChI is InChI=1S/C17H26N4O2S2/c18-17(23)15-11-14(19-20-15)12-5-8-21(9-6-12)16(22)4-2-1-3-13-7-10-24-25-13/h11-13H,1-10H2,(H2,18,23)(H,19,20). The van der Waals surface area contributed by atoms with Crippen molar-refractivity contribution in [2.75, 3.05) is 18.8 Å². The highest BCUT2D eigenvalue weighted by Gasteiger charge is 2.25. The third kappa shape index (κ3) is 5.17. The van der Waals surface area contributed by atoms with Gasteiger partial charge in [0.05, 0.1) is 0 Å². The third-order valence-corrected chi connectivity index (χ3v) is 8.04. The molecule has 6 nitrogen and oxygen atoms in total. The molecular formula is C17H26N4O2S2. The van der Waals surface area contributed by atoms with Gasteiger partial charge in [-0.15, -0.1) is 0 Å². The smallest absolute Gasteiger partial charge is 0.269 e. The molecule has 0 radical (unpaired) electrons.